The van der Waals surface area contributed by atoms with Crippen molar-refractivity contribution in [1.29, 1.82) is 0 Å². The number of methoxy groups -OCH3 is 1. The molecule has 0 aliphatic heterocycles. The van der Waals surface area contributed by atoms with Gasteiger partial charge in [-0.15, -0.1) is 0 Å². The monoisotopic (exact) mass is 275 g/mol. The van der Waals surface area contributed by atoms with Gasteiger partial charge in [-0.05, 0) is 40.5 Å². The zero-order chi connectivity index (χ0) is 11.3. The zero-order valence-corrected chi connectivity index (χ0v) is 10.3. The second-order valence-corrected chi connectivity index (χ2v) is 3.73. The Morgan fingerprint density at radius 1 is 1.47 bits per heavy atom. The highest BCUT2D eigenvalue weighted by atomic mass is 79.9. The van der Waals surface area contributed by atoms with E-state index in [9.17, 15) is 0 Å². The minimum Gasteiger partial charge on any atom is -0.493 e. The summed E-state index contributed by atoms with van der Waals surface area (Å²) in [5, 5.41) is 8.61. The molecule has 1 aromatic carbocycles. The Balaban J connectivity index is 3.06. The van der Waals surface area contributed by atoms with E-state index in [1.54, 1.807) is 7.11 Å². The third-order valence-electron chi connectivity index (χ3n) is 1.86. The van der Waals surface area contributed by atoms with Crippen LogP contribution in [0.15, 0.2) is 16.6 Å². The molecule has 5 heteroatoms. The lowest BCUT2D eigenvalue weighted by molar-refractivity contribution is 0.161. The van der Waals surface area contributed by atoms with Gasteiger partial charge in [0.15, 0.2) is 11.5 Å². The van der Waals surface area contributed by atoms with E-state index in [2.05, 4.69) is 21.4 Å². The molecule has 0 heterocycles. The van der Waals surface area contributed by atoms with Crippen LogP contribution in [0.4, 0.5) is 0 Å². The van der Waals surface area contributed by atoms with Crippen LogP contribution in [0.2, 0.25) is 0 Å². The number of hydrogen-bond acceptors (Lipinski definition) is 4. The van der Waals surface area contributed by atoms with Crippen molar-refractivity contribution < 1.29 is 14.7 Å². The van der Waals surface area contributed by atoms with Crippen LogP contribution in [-0.2, 0) is 6.54 Å². The van der Waals surface area contributed by atoms with Crippen LogP contribution < -0.4 is 15.0 Å². The number of rotatable bonds is 5. The predicted molar refractivity (Wildman–Crippen MR) is 60.5 cm³/mol. The fourth-order valence-electron chi connectivity index (χ4n) is 1.25. The SMILES string of the molecule is CCOc1c(Br)cc(CNO)cc1OC. The lowest BCUT2D eigenvalue weighted by Crippen LogP contribution is -2.07. The van der Waals surface area contributed by atoms with Gasteiger partial charge in [-0.2, -0.15) is 0 Å². The standard InChI is InChI=1S/C10H14BrNO3/c1-3-15-10-8(11)4-7(6-12-13)5-9(10)14-2/h4-5,12-13H,3,6H2,1-2H3. The molecule has 15 heavy (non-hydrogen) atoms. The van der Waals surface area contributed by atoms with Crippen molar-refractivity contribution in [1.82, 2.24) is 5.48 Å². The van der Waals surface area contributed by atoms with E-state index in [-0.39, 0.29) is 0 Å². The smallest absolute Gasteiger partial charge is 0.175 e. The lowest BCUT2D eigenvalue weighted by Gasteiger charge is -2.12. The molecule has 0 unspecified atom stereocenters. The molecule has 0 aliphatic rings. The minimum atomic E-state index is 0.362. The maximum atomic E-state index is 8.61. The lowest BCUT2D eigenvalue weighted by atomic mass is 10.2. The molecule has 0 saturated heterocycles. The summed E-state index contributed by atoms with van der Waals surface area (Å²) in [6.45, 7) is 2.85. The molecular weight excluding hydrogens is 262 g/mol. The molecule has 84 valence electrons. The van der Waals surface area contributed by atoms with Crippen LogP contribution in [0.25, 0.3) is 0 Å². The van der Waals surface area contributed by atoms with Crippen molar-refractivity contribution in [3.05, 3.63) is 22.2 Å². The van der Waals surface area contributed by atoms with E-state index < -0.39 is 0 Å². The van der Waals surface area contributed by atoms with Crippen molar-refractivity contribution in [3.63, 3.8) is 0 Å². The molecular formula is C10H14BrNO3. The first-order valence-electron chi connectivity index (χ1n) is 4.59. The fourth-order valence-corrected chi connectivity index (χ4v) is 1.85. The highest BCUT2D eigenvalue weighted by Gasteiger charge is 2.10. The van der Waals surface area contributed by atoms with Crippen molar-refractivity contribution in [2.45, 2.75) is 13.5 Å². The Bertz CT molecular complexity index is 331. The molecule has 4 nitrogen and oxygen atoms in total. The highest BCUT2D eigenvalue weighted by molar-refractivity contribution is 9.10. The molecule has 1 rings (SSSR count). The van der Waals surface area contributed by atoms with Crippen LogP contribution >= 0.6 is 15.9 Å². The van der Waals surface area contributed by atoms with Crippen LogP contribution in [0.1, 0.15) is 12.5 Å². The van der Waals surface area contributed by atoms with E-state index in [0.29, 0.717) is 24.7 Å². The Hall–Kier alpha value is -0.780. The van der Waals surface area contributed by atoms with Gasteiger partial charge in [0, 0.05) is 6.54 Å². The quantitative estimate of drug-likeness (QED) is 0.810. The van der Waals surface area contributed by atoms with Crippen LogP contribution in [0.5, 0.6) is 11.5 Å². The summed E-state index contributed by atoms with van der Waals surface area (Å²) in [6, 6.07) is 3.69. The van der Waals surface area contributed by atoms with Crippen molar-refractivity contribution in [3.8, 4) is 11.5 Å². The number of ether oxygens (including phenoxy) is 2. The average molecular weight is 276 g/mol. The first kappa shape index (κ1) is 12.3. The molecule has 0 atom stereocenters. The van der Waals surface area contributed by atoms with E-state index in [4.69, 9.17) is 14.7 Å². The molecule has 0 amide bonds. The summed E-state index contributed by atoms with van der Waals surface area (Å²) in [5.74, 6) is 1.33. The van der Waals surface area contributed by atoms with Gasteiger partial charge >= 0.3 is 0 Å². The molecule has 0 fully saturated rings. The number of hydrogen-bond donors (Lipinski definition) is 2. The molecule has 1 aromatic rings. The number of benzene rings is 1. The second-order valence-electron chi connectivity index (χ2n) is 2.88. The summed E-state index contributed by atoms with van der Waals surface area (Å²) in [6.07, 6.45) is 0. The van der Waals surface area contributed by atoms with Crippen molar-refractivity contribution in [2.24, 2.45) is 0 Å². The van der Waals surface area contributed by atoms with Gasteiger partial charge in [-0.1, -0.05) is 0 Å². The van der Waals surface area contributed by atoms with Gasteiger partial charge in [0.25, 0.3) is 0 Å². The molecule has 0 radical (unpaired) electrons. The molecule has 0 aliphatic carbocycles. The van der Waals surface area contributed by atoms with E-state index in [0.717, 1.165) is 10.0 Å². The van der Waals surface area contributed by atoms with E-state index >= 15 is 0 Å². The summed E-state index contributed by atoms with van der Waals surface area (Å²) in [5.41, 5.74) is 3.00. The normalized spacial score (nSPS) is 10.1. The summed E-state index contributed by atoms with van der Waals surface area (Å²) in [7, 11) is 1.58. The van der Waals surface area contributed by atoms with Crippen LogP contribution in [0.3, 0.4) is 0 Å². The summed E-state index contributed by atoms with van der Waals surface area (Å²) < 4.78 is 11.5. The van der Waals surface area contributed by atoms with Gasteiger partial charge < -0.3 is 14.7 Å². The molecule has 0 spiro atoms. The Morgan fingerprint density at radius 3 is 2.73 bits per heavy atom. The van der Waals surface area contributed by atoms with Gasteiger partial charge in [0.05, 0.1) is 18.2 Å². The number of halogens is 1. The fraction of sp³-hybridized carbons (Fsp3) is 0.400. The zero-order valence-electron chi connectivity index (χ0n) is 8.71. The third-order valence-corrected chi connectivity index (χ3v) is 2.45. The van der Waals surface area contributed by atoms with Gasteiger partial charge in [0.1, 0.15) is 0 Å². The third kappa shape index (κ3) is 3.09. The molecule has 0 saturated carbocycles. The van der Waals surface area contributed by atoms with Crippen LogP contribution in [-0.4, -0.2) is 18.9 Å². The Morgan fingerprint density at radius 2 is 2.20 bits per heavy atom. The largest absolute Gasteiger partial charge is 0.493 e. The first-order chi connectivity index (χ1) is 7.22. The molecule has 2 N–H and O–H groups in total. The maximum Gasteiger partial charge on any atom is 0.175 e. The predicted octanol–water partition coefficient (Wildman–Crippen LogP) is 2.34. The Labute approximate surface area is 97.3 Å². The number of nitrogens with one attached hydrogen (secondary N) is 1. The second kappa shape index (κ2) is 5.95. The summed E-state index contributed by atoms with van der Waals surface area (Å²) >= 11 is 3.40. The highest BCUT2D eigenvalue weighted by Crippen LogP contribution is 2.36. The van der Waals surface area contributed by atoms with Gasteiger partial charge in [-0.3, -0.25) is 0 Å². The maximum absolute atomic E-state index is 8.61. The number of hydroxylamine groups is 1. The van der Waals surface area contributed by atoms with Crippen molar-refractivity contribution in [2.75, 3.05) is 13.7 Å². The van der Waals surface area contributed by atoms with E-state index in [1.807, 2.05) is 19.1 Å². The molecule has 0 aromatic heterocycles. The Kier molecular flexibility index (Phi) is 4.87. The first-order valence-corrected chi connectivity index (χ1v) is 5.38. The summed E-state index contributed by atoms with van der Waals surface area (Å²) in [4.78, 5) is 0. The van der Waals surface area contributed by atoms with Gasteiger partial charge in [0.2, 0.25) is 0 Å². The van der Waals surface area contributed by atoms with Crippen molar-refractivity contribution >= 4 is 15.9 Å². The minimum absolute atomic E-state index is 0.362. The van der Waals surface area contributed by atoms with Crippen LogP contribution in [0, 0.1) is 0 Å². The average Bonchev–Trinajstić information content (AvgIpc) is 2.22. The van der Waals surface area contributed by atoms with E-state index in [1.165, 1.54) is 0 Å². The topological polar surface area (TPSA) is 50.7 Å². The van der Waals surface area contributed by atoms with Gasteiger partial charge in [-0.25, -0.2) is 5.48 Å². The molecule has 0 bridgehead atoms.